The van der Waals surface area contributed by atoms with Gasteiger partial charge < -0.3 is 5.11 Å². The SMILES string of the molecule is C=C(C)c1ccccc1C1CN(Cc2ccc(O)cc2)CCN1I. The third-order valence-electron chi connectivity index (χ3n) is 4.52. The van der Waals surface area contributed by atoms with E-state index in [9.17, 15) is 5.11 Å². The minimum atomic E-state index is 0.323. The summed E-state index contributed by atoms with van der Waals surface area (Å²) >= 11 is 2.45. The van der Waals surface area contributed by atoms with E-state index < -0.39 is 0 Å². The van der Waals surface area contributed by atoms with Crippen LogP contribution in [-0.2, 0) is 6.54 Å². The Kier molecular flexibility index (Phi) is 5.58. The van der Waals surface area contributed by atoms with Gasteiger partial charge in [-0.1, -0.05) is 48.6 Å². The van der Waals surface area contributed by atoms with E-state index in [2.05, 4.69) is 68.6 Å². The van der Waals surface area contributed by atoms with Crippen molar-refractivity contribution in [2.24, 2.45) is 0 Å². The van der Waals surface area contributed by atoms with Gasteiger partial charge in [0.1, 0.15) is 5.75 Å². The first-order chi connectivity index (χ1) is 11.5. The Hall–Kier alpha value is -1.37. The zero-order valence-electron chi connectivity index (χ0n) is 14.0. The normalized spacial score (nSPS) is 19.3. The van der Waals surface area contributed by atoms with Gasteiger partial charge in [0.2, 0.25) is 0 Å². The van der Waals surface area contributed by atoms with E-state index in [1.54, 1.807) is 12.1 Å². The molecule has 126 valence electrons. The summed E-state index contributed by atoms with van der Waals surface area (Å²) in [5, 5.41) is 9.44. The van der Waals surface area contributed by atoms with Crippen LogP contribution in [0.2, 0.25) is 0 Å². The van der Waals surface area contributed by atoms with Gasteiger partial charge in [-0.15, -0.1) is 0 Å². The van der Waals surface area contributed by atoms with Crippen LogP contribution in [-0.4, -0.2) is 32.8 Å². The molecule has 0 amide bonds. The number of hydrogen-bond donors (Lipinski definition) is 1. The van der Waals surface area contributed by atoms with E-state index in [0.717, 1.165) is 31.8 Å². The molecule has 1 unspecified atom stereocenters. The molecule has 0 spiro atoms. The van der Waals surface area contributed by atoms with Crippen molar-refractivity contribution in [3.63, 3.8) is 0 Å². The van der Waals surface area contributed by atoms with Crippen molar-refractivity contribution >= 4 is 28.4 Å². The maximum absolute atomic E-state index is 9.44. The highest BCUT2D eigenvalue weighted by molar-refractivity contribution is 14.1. The molecule has 1 atom stereocenters. The number of hydrogen-bond acceptors (Lipinski definition) is 3. The minimum Gasteiger partial charge on any atom is -0.508 e. The number of aromatic hydroxyl groups is 1. The lowest BCUT2D eigenvalue weighted by molar-refractivity contribution is 0.148. The van der Waals surface area contributed by atoms with Crippen molar-refractivity contribution in [3.05, 3.63) is 71.8 Å². The summed E-state index contributed by atoms with van der Waals surface area (Å²) in [6.07, 6.45) is 0. The first-order valence-corrected chi connectivity index (χ1v) is 9.18. The van der Waals surface area contributed by atoms with E-state index in [1.807, 2.05) is 12.1 Å². The van der Waals surface area contributed by atoms with Gasteiger partial charge in [-0.2, -0.15) is 0 Å². The molecule has 4 heteroatoms. The summed E-state index contributed by atoms with van der Waals surface area (Å²) in [5.74, 6) is 0.323. The van der Waals surface area contributed by atoms with Gasteiger partial charge in [-0.05, 0) is 35.7 Å². The van der Waals surface area contributed by atoms with Gasteiger partial charge >= 0.3 is 0 Å². The Bertz CT molecular complexity index is 714. The maximum Gasteiger partial charge on any atom is 0.115 e. The smallest absolute Gasteiger partial charge is 0.115 e. The summed E-state index contributed by atoms with van der Waals surface area (Å²) in [7, 11) is 0. The molecule has 3 rings (SSSR count). The van der Waals surface area contributed by atoms with Crippen LogP contribution in [0, 0.1) is 0 Å². The molecule has 0 aliphatic carbocycles. The maximum atomic E-state index is 9.44. The molecular weight excluding hydrogens is 411 g/mol. The van der Waals surface area contributed by atoms with Gasteiger partial charge in [0, 0.05) is 49.0 Å². The average Bonchev–Trinajstić information content (AvgIpc) is 2.58. The number of rotatable bonds is 4. The molecule has 1 aliphatic heterocycles. The standard InChI is InChI=1S/C20H23IN2O/c1-15(2)18-5-3-4-6-19(18)20-14-22(11-12-23(20)21)13-16-7-9-17(24)10-8-16/h3-10,20,24H,1,11-14H2,2H3. The molecule has 0 saturated carbocycles. The van der Waals surface area contributed by atoms with E-state index in [0.29, 0.717) is 11.8 Å². The summed E-state index contributed by atoms with van der Waals surface area (Å²) in [4.78, 5) is 2.49. The highest BCUT2D eigenvalue weighted by atomic mass is 127. The van der Waals surface area contributed by atoms with Gasteiger partial charge in [-0.3, -0.25) is 4.90 Å². The largest absolute Gasteiger partial charge is 0.508 e. The third kappa shape index (κ3) is 3.99. The van der Waals surface area contributed by atoms with Gasteiger partial charge in [0.15, 0.2) is 0 Å². The van der Waals surface area contributed by atoms with Crippen LogP contribution in [0.15, 0.2) is 55.1 Å². The van der Waals surface area contributed by atoms with Crippen molar-refractivity contribution in [1.29, 1.82) is 0 Å². The zero-order valence-corrected chi connectivity index (χ0v) is 16.1. The van der Waals surface area contributed by atoms with E-state index in [4.69, 9.17) is 0 Å². The van der Waals surface area contributed by atoms with Crippen molar-refractivity contribution in [2.75, 3.05) is 19.6 Å². The molecule has 24 heavy (non-hydrogen) atoms. The van der Waals surface area contributed by atoms with Crippen LogP contribution in [0.3, 0.4) is 0 Å². The van der Waals surface area contributed by atoms with Gasteiger partial charge in [0.05, 0.1) is 6.04 Å². The fourth-order valence-corrected chi connectivity index (χ4v) is 3.94. The minimum absolute atomic E-state index is 0.323. The number of allylic oxidation sites excluding steroid dienone is 1. The molecule has 2 aromatic carbocycles. The van der Waals surface area contributed by atoms with E-state index in [-0.39, 0.29) is 0 Å². The quantitative estimate of drug-likeness (QED) is 0.562. The van der Waals surface area contributed by atoms with E-state index >= 15 is 0 Å². The first-order valence-electron chi connectivity index (χ1n) is 8.22. The predicted molar refractivity (Wildman–Crippen MR) is 108 cm³/mol. The van der Waals surface area contributed by atoms with Crippen LogP contribution in [0.1, 0.15) is 29.7 Å². The molecule has 1 aliphatic rings. The number of phenols is 1. The molecular formula is C20H23IN2O. The fraction of sp³-hybridized carbons (Fsp3) is 0.300. The number of phenolic OH excluding ortho intramolecular Hbond substituents is 1. The molecule has 0 radical (unpaired) electrons. The summed E-state index contributed by atoms with van der Waals surface area (Å²) < 4.78 is 2.41. The highest BCUT2D eigenvalue weighted by Crippen LogP contribution is 2.33. The molecule has 2 aromatic rings. The van der Waals surface area contributed by atoms with Crippen LogP contribution in [0.4, 0.5) is 0 Å². The molecule has 1 heterocycles. The molecule has 1 fully saturated rings. The first kappa shape index (κ1) is 17.5. The Morgan fingerprint density at radius 3 is 2.58 bits per heavy atom. The molecule has 1 saturated heterocycles. The topological polar surface area (TPSA) is 26.7 Å². The Morgan fingerprint density at radius 1 is 1.17 bits per heavy atom. The van der Waals surface area contributed by atoms with Gasteiger partial charge in [-0.25, -0.2) is 3.11 Å². The van der Waals surface area contributed by atoms with Crippen LogP contribution >= 0.6 is 22.9 Å². The number of halogens is 1. The lowest BCUT2D eigenvalue weighted by atomic mass is 9.95. The van der Waals surface area contributed by atoms with Crippen molar-refractivity contribution in [1.82, 2.24) is 8.01 Å². The molecule has 1 N–H and O–H groups in total. The average molecular weight is 434 g/mol. The Balaban J connectivity index is 1.79. The highest BCUT2D eigenvalue weighted by Gasteiger charge is 2.28. The lowest BCUT2D eigenvalue weighted by Gasteiger charge is -2.39. The number of piperazine rings is 1. The third-order valence-corrected chi connectivity index (χ3v) is 5.68. The number of benzene rings is 2. The Morgan fingerprint density at radius 2 is 1.88 bits per heavy atom. The van der Waals surface area contributed by atoms with Crippen molar-refractivity contribution < 1.29 is 5.11 Å². The summed E-state index contributed by atoms with van der Waals surface area (Å²) in [6.45, 7) is 10.2. The zero-order chi connectivity index (χ0) is 17.1. The summed E-state index contributed by atoms with van der Waals surface area (Å²) in [6, 6.07) is 16.5. The molecule has 0 aromatic heterocycles. The van der Waals surface area contributed by atoms with E-state index in [1.165, 1.54) is 16.7 Å². The second-order valence-electron chi connectivity index (χ2n) is 6.41. The number of nitrogens with zero attached hydrogens (tertiary/aromatic N) is 2. The monoisotopic (exact) mass is 434 g/mol. The van der Waals surface area contributed by atoms with Crippen LogP contribution < -0.4 is 0 Å². The van der Waals surface area contributed by atoms with Crippen molar-refractivity contribution in [3.8, 4) is 5.75 Å². The van der Waals surface area contributed by atoms with Crippen molar-refractivity contribution in [2.45, 2.75) is 19.5 Å². The fourth-order valence-electron chi connectivity index (χ4n) is 3.25. The van der Waals surface area contributed by atoms with Crippen LogP contribution in [0.5, 0.6) is 5.75 Å². The summed E-state index contributed by atoms with van der Waals surface area (Å²) in [5.41, 5.74) is 4.97. The lowest BCUT2D eigenvalue weighted by Crippen LogP contribution is -2.44. The molecule has 3 nitrogen and oxygen atoms in total. The van der Waals surface area contributed by atoms with Gasteiger partial charge in [0.25, 0.3) is 0 Å². The van der Waals surface area contributed by atoms with Crippen LogP contribution in [0.25, 0.3) is 5.57 Å². The second kappa shape index (κ2) is 7.68. The molecule has 0 bridgehead atoms. The Labute approximate surface area is 158 Å². The second-order valence-corrected chi connectivity index (χ2v) is 7.65. The predicted octanol–water partition coefficient (Wildman–Crippen LogP) is 4.63.